The van der Waals surface area contributed by atoms with E-state index in [1.165, 1.54) is 9.47 Å². The van der Waals surface area contributed by atoms with Gasteiger partial charge in [0.1, 0.15) is 11.6 Å². The number of ether oxygens (including phenoxy) is 1. The fourth-order valence-electron chi connectivity index (χ4n) is 3.32. The molecule has 0 spiro atoms. The van der Waals surface area contributed by atoms with E-state index in [9.17, 15) is 14.4 Å². The number of aryl methyl sites for hydroxylation is 1. The summed E-state index contributed by atoms with van der Waals surface area (Å²) in [5.74, 6) is 0.715. The second-order valence-electron chi connectivity index (χ2n) is 8.11. The number of amides is 1. The second-order valence-corrected chi connectivity index (χ2v) is 8.11. The molecule has 0 atom stereocenters. The summed E-state index contributed by atoms with van der Waals surface area (Å²) in [7, 11) is 0. The lowest BCUT2D eigenvalue weighted by atomic mass is 10.1. The molecule has 0 unspecified atom stereocenters. The number of anilines is 2. The molecule has 8 nitrogen and oxygen atoms in total. The van der Waals surface area contributed by atoms with Gasteiger partial charge in [-0.15, -0.1) is 0 Å². The highest BCUT2D eigenvalue weighted by molar-refractivity contribution is 5.95. The highest BCUT2D eigenvalue weighted by Crippen LogP contribution is 2.21. The Kier molecular flexibility index (Phi) is 8.90. The van der Waals surface area contributed by atoms with Crippen LogP contribution < -0.4 is 26.6 Å². The zero-order chi connectivity index (χ0) is 23.0. The van der Waals surface area contributed by atoms with Crippen LogP contribution in [-0.4, -0.2) is 28.6 Å². The number of nitrogens with one attached hydrogen (secondary N) is 1. The molecule has 0 aliphatic heterocycles. The molecule has 1 aromatic carbocycles. The third-order valence-corrected chi connectivity index (χ3v) is 4.95. The van der Waals surface area contributed by atoms with Gasteiger partial charge >= 0.3 is 5.69 Å². The van der Waals surface area contributed by atoms with Crippen LogP contribution in [0.4, 0.5) is 11.5 Å². The number of hydrogen-bond acceptors (Lipinski definition) is 5. The Labute approximate surface area is 183 Å². The molecule has 31 heavy (non-hydrogen) atoms. The van der Waals surface area contributed by atoms with E-state index in [0.717, 1.165) is 24.2 Å². The predicted octanol–water partition coefficient (Wildman–Crippen LogP) is 3.08. The summed E-state index contributed by atoms with van der Waals surface area (Å²) in [5, 5.41) is 0. The van der Waals surface area contributed by atoms with E-state index < -0.39 is 11.2 Å². The molecule has 0 saturated carbocycles. The van der Waals surface area contributed by atoms with Gasteiger partial charge in [0, 0.05) is 19.5 Å². The number of benzene rings is 1. The van der Waals surface area contributed by atoms with E-state index >= 15 is 0 Å². The maximum Gasteiger partial charge on any atom is 0.330 e. The number of carbonyl (C=O) groups excluding carboxylic acids is 1. The molecule has 0 saturated heterocycles. The average Bonchev–Trinajstić information content (AvgIpc) is 2.71. The van der Waals surface area contributed by atoms with E-state index in [2.05, 4.69) is 4.98 Å². The van der Waals surface area contributed by atoms with Gasteiger partial charge in [-0.3, -0.25) is 19.1 Å². The molecular weight excluding hydrogens is 396 g/mol. The monoisotopic (exact) mass is 430 g/mol. The fourth-order valence-corrected chi connectivity index (χ4v) is 3.32. The molecule has 0 bridgehead atoms. The highest BCUT2D eigenvalue weighted by atomic mass is 16.5. The van der Waals surface area contributed by atoms with Gasteiger partial charge in [-0.2, -0.15) is 0 Å². The standard InChI is InChI=1S/C23H34N4O4/c1-5-6-13-26-21(24)20(22(29)25-23(26)30)27(15-16(2)3)19(28)12-9-14-31-18-11-8-7-10-17(18)4/h7-8,10-11,16H,5-6,9,12-15,24H2,1-4H3,(H,25,29,30). The molecule has 2 aromatic rings. The Bertz CT molecular complexity index is 994. The largest absolute Gasteiger partial charge is 0.493 e. The number of nitrogens with zero attached hydrogens (tertiary/aromatic N) is 2. The number of carbonyl (C=O) groups is 1. The third-order valence-electron chi connectivity index (χ3n) is 4.95. The van der Waals surface area contributed by atoms with Gasteiger partial charge in [-0.1, -0.05) is 45.4 Å². The van der Waals surface area contributed by atoms with Crippen LogP contribution >= 0.6 is 0 Å². The Morgan fingerprint density at radius 2 is 1.94 bits per heavy atom. The molecule has 3 N–H and O–H groups in total. The zero-order valence-electron chi connectivity index (χ0n) is 18.9. The first-order valence-electron chi connectivity index (χ1n) is 10.9. The van der Waals surface area contributed by atoms with Gasteiger partial charge in [0.25, 0.3) is 5.56 Å². The van der Waals surface area contributed by atoms with Crippen LogP contribution in [0.25, 0.3) is 0 Å². The number of nitrogens with two attached hydrogens (primary N) is 1. The summed E-state index contributed by atoms with van der Waals surface area (Å²) >= 11 is 0. The minimum absolute atomic E-state index is 0.0346. The van der Waals surface area contributed by atoms with E-state index in [-0.39, 0.29) is 29.8 Å². The topological polar surface area (TPSA) is 110 Å². The van der Waals surface area contributed by atoms with Crippen molar-refractivity contribution in [1.82, 2.24) is 9.55 Å². The molecule has 0 aliphatic rings. The first kappa shape index (κ1) is 24.2. The molecule has 0 aliphatic carbocycles. The lowest BCUT2D eigenvalue weighted by Crippen LogP contribution is -2.42. The third kappa shape index (κ3) is 6.47. The molecule has 1 aromatic heterocycles. The maximum absolute atomic E-state index is 13.0. The summed E-state index contributed by atoms with van der Waals surface area (Å²) in [4.78, 5) is 41.6. The van der Waals surface area contributed by atoms with Crippen LogP contribution in [0.5, 0.6) is 5.75 Å². The summed E-state index contributed by atoms with van der Waals surface area (Å²) in [6.45, 7) is 8.98. The molecule has 2 rings (SSSR count). The lowest BCUT2D eigenvalue weighted by Gasteiger charge is -2.26. The number of hydrogen-bond donors (Lipinski definition) is 2. The van der Waals surface area contributed by atoms with Crippen molar-refractivity contribution in [2.24, 2.45) is 5.92 Å². The number of H-pyrrole nitrogens is 1. The number of aromatic amines is 1. The van der Waals surface area contributed by atoms with Gasteiger partial charge in [-0.25, -0.2) is 4.79 Å². The van der Waals surface area contributed by atoms with Crippen molar-refractivity contribution in [3.05, 3.63) is 50.7 Å². The van der Waals surface area contributed by atoms with Crippen molar-refractivity contribution in [1.29, 1.82) is 0 Å². The van der Waals surface area contributed by atoms with Crippen molar-refractivity contribution < 1.29 is 9.53 Å². The smallest absolute Gasteiger partial charge is 0.330 e. The van der Waals surface area contributed by atoms with Crippen molar-refractivity contribution in [2.75, 3.05) is 23.8 Å². The van der Waals surface area contributed by atoms with Gasteiger partial charge in [0.2, 0.25) is 5.91 Å². The first-order valence-corrected chi connectivity index (χ1v) is 10.9. The average molecular weight is 431 g/mol. The van der Waals surface area contributed by atoms with Crippen molar-refractivity contribution in [3.63, 3.8) is 0 Å². The van der Waals surface area contributed by atoms with Gasteiger partial charge in [0.15, 0.2) is 5.69 Å². The minimum Gasteiger partial charge on any atom is -0.493 e. The first-order chi connectivity index (χ1) is 14.8. The van der Waals surface area contributed by atoms with Crippen LogP contribution in [0.2, 0.25) is 0 Å². The van der Waals surface area contributed by atoms with E-state index in [4.69, 9.17) is 10.5 Å². The van der Waals surface area contributed by atoms with Crippen LogP contribution in [-0.2, 0) is 11.3 Å². The summed E-state index contributed by atoms with van der Waals surface area (Å²) < 4.78 is 7.11. The Hall–Kier alpha value is -3.03. The highest BCUT2D eigenvalue weighted by Gasteiger charge is 2.24. The summed E-state index contributed by atoms with van der Waals surface area (Å²) in [6.07, 6.45) is 2.31. The molecule has 8 heteroatoms. The number of rotatable bonds is 11. The van der Waals surface area contributed by atoms with E-state index in [1.54, 1.807) is 0 Å². The molecular formula is C23H34N4O4. The number of aromatic nitrogens is 2. The Morgan fingerprint density at radius 3 is 2.58 bits per heavy atom. The van der Waals surface area contributed by atoms with Crippen molar-refractivity contribution in [2.45, 2.75) is 59.9 Å². The molecule has 1 amide bonds. The Morgan fingerprint density at radius 1 is 1.23 bits per heavy atom. The minimum atomic E-state index is -0.639. The Balaban J connectivity index is 2.19. The van der Waals surface area contributed by atoms with Gasteiger partial charge in [0.05, 0.1) is 6.61 Å². The summed E-state index contributed by atoms with van der Waals surface area (Å²) in [5.41, 5.74) is 6.10. The number of unbranched alkanes of at least 4 members (excludes halogenated alkanes) is 1. The van der Waals surface area contributed by atoms with Gasteiger partial charge in [-0.05, 0) is 37.3 Å². The van der Waals surface area contributed by atoms with Crippen LogP contribution in [0.15, 0.2) is 33.9 Å². The van der Waals surface area contributed by atoms with Crippen molar-refractivity contribution in [3.8, 4) is 5.75 Å². The predicted molar refractivity (Wildman–Crippen MR) is 124 cm³/mol. The molecule has 1 heterocycles. The quantitative estimate of drug-likeness (QED) is 0.532. The van der Waals surface area contributed by atoms with Crippen molar-refractivity contribution >= 4 is 17.4 Å². The fraction of sp³-hybridized carbons (Fsp3) is 0.522. The summed E-state index contributed by atoms with van der Waals surface area (Å²) in [6, 6.07) is 7.70. The van der Waals surface area contributed by atoms with E-state index in [1.807, 2.05) is 52.0 Å². The van der Waals surface area contributed by atoms with Gasteiger partial charge < -0.3 is 15.4 Å². The number of para-hydroxylation sites is 1. The molecule has 170 valence electrons. The second kappa shape index (κ2) is 11.4. The van der Waals surface area contributed by atoms with Crippen LogP contribution in [0.1, 0.15) is 52.0 Å². The SMILES string of the molecule is CCCCn1c(N)c(N(CC(C)C)C(=O)CCCOc2ccccc2C)c(=O)[nH]c1=O. The molecule has 0 fully saturated rings. The molecule has 0 radical (unpaired) electrons. The number of nitrogen functional groups attached to an aromatic ring is 1. The van der Waals surface area contributed by atoms with E-state index in [0.29, 0.717) is 26.1 Å². The maximum atomic E-state index is 13.0. The van der Waals surface area contributed by atoms with Crippen LogP contribution in [0.3, 0.4) is 0 Å². The zero-order valence-corrected chi connectivity index (χ0v) is 18.9. The van der Waals surface area contributed by atoms with Crippen LogP contribution in [0, 0.1) is 12.8 Å². The normalized spacial score (nSPS) is 11.0. The lowest BCUT2D eigenvalue weighted by molar-refractivity contribution is -0.119.